The maximum atomic E-state index is 12.7. The summed E-state index contributed by atoms with van der Waals surface area (Å²) in [6.07, 6.45) is 4.79. The fourth-order valence-electron chi connectivity index (χ4n) is 5.19. The van der Waals surface area contributed by atoms with E-state index in [1.807, 2.05) is 0 Å². The number of likely N-dealkylation sites (tertiary alicyclic amines) is 2. The van der Waals surface area contributed by atoms with Crippen LogP contribution < -0.4 is 5.73 Å². The molecule has 0 bridgehead atoms. The van der Waals surface area contributed by atoms with Gasteiger partial charge in [0.15, 0.2) is 0 Å². The Morgan fingerprint density at radius 1 is 1.12 bits per heavy atom. The van der Waals surface area contributed by atoms with Gasteiger partial charge in [-0.25, -0.2) is 4.79 Å². The van der Waals surface area contributed by atoms with Crippen molar-refractivity contribution in [1.29, 1.82) is 0 Å². The number of nitrogens with two attached hydrogens (primary N) is 1. The molecule has 1 aromatic heterocycles. The zero-order valence-electron chi connectivity index (χ0n) is 18.4. The Bertz CT molecular complexity index is 1010. The molecule has 0 saturated carbocycles. The number of piperidine rings is 2. The number of carbonyl (C=O) groups is 2. The second-order valence-corrected chi connectivity index (χ2v) is 9.57. The Balaban J connectivity index is 1.59. The van der Waals surface area contributed by atoms with E-state index in [1.165, 1.54) is 6.42 Å². The van der Waals surface area contributed by atoms with Crippen molar-refractivity contribution in [3.05, 3.63) is 33.4 Å². The number of nitrogens with zero attached hydrogens (tertiary/aromatic N) is 2. The van der Waals surface area contributed by atoms with Crippen LogP contribution in [0, 0.1) is 0 Å². The summed E-state index contributed by atoms with van der Waals surface area (Å²) >= 11 is 12.7. The van der Waals surface area contributed by atoms with E-state index in [4.69, 9.17) is 33.7 Å². The number of fused-ring (bicyclic) bond motifs is 1. The highest BCUT2D eigenvalue weighted by atomic mass is 35.5. The van der Waals surface area contributed by atoms with Gasteiger partial charge in [-0.1, -0.05) is 29.6 Å². The average molecular weight is 481 g/mol. The summed E-state index contributed by atoms with van der Waals surface area (Å²) in [6, 6.07) is 3.45. The first-order valence-corrected chi connectivity index (χ1v) is 12.1. The number of aromatic nitrogens is 1. The molecule has 2 aliphatic rings. The molecule has 9 heteroatoms. The molecule has 1 amide bonds. The normalized spacial score (nSPS) is 19.8. The summed E-state index contributed by atoms with van der Waals surface area (Å²) in [5.74, 6) is -0.640. The van der Waals surface area contributed by atoms with Gasteiger partial charge in [0.1, 0.15) is 11.2 Å². The zero-order valence-corrected chi connectivity index (χ0v) is 19.9. The molecule has 1 aromatic carbocycles. The standard InChI is InChI=1S/C23H30Cl2N4O3/c1-2-32-21(30)20-16(19-17(25)12-15(24)13-18(19)27-20)14-28-10-6-23(7-11-28,22(26)31)29-8-4-3-5-9-29/h12-13,27H,2-11,14H2,1H3,(H2,26,31). The monoisotopic (exact) mass is 480 g/mol. The molecule has 2 saturated heterocycles. The molecule has 7 nitrogen and oxygen atoms in total. The van der Waals surface area contributed by atoms with Crippen LogP contribution in [0.2, 0.25) is 10.0 Å². The van der Waals surface area contributed by atoms with Crippen LogP contribution in [0.3, 0.4) is 0 Å². The van der Waals surface area contributed by atoms with Crippen LogP contribution >= 0.6 is 23.2 Å². The van der Waals surface area contributed by atoms with Gasteiger partial charge in [0.25, 0.3) is 0 Å². The van der Waals surface area contributed by atoms with Crippen molar-refractivity contribution < 1.29 is 14.3 Å². The van der Waals surface area contributed by atoms with Crippen LogP contribution in [0.15, 0.2) is 12.1 Å². The van der Waals surface area contributed by atoms with Crippen molar-refractivity contribution >= 4 is 46.0 Å². The number of benzene rings is 1. The maximum Gasteiger partial charge on any atom is 0.355 e. The molecule has 2 aliphatic heterocycles. The minimum atomic E-state index is -0.577. The van der Waals surface area contributed by atoms with Crippen molar-refractivity contribution in [1.82, 2.24) is 14.8 Å². The Labute approximate surface area is 198 Å². The number of esters is 1. The van der Waals surface area contributed by atoms with Gasteiger partial charge >= 0.3 is 5.97 Å². The Hall–Kier alpha value is -1.80. The van der Waals surface area contributed by atoms with Crippen LogP contribution in [0.5, 0.6) is 0 Å². The summed E-state index contributed by atoms with van der Waals surface area (Å²) < 4.78 is 5.27. The molecule has 3 heterocycles. The average Bonchev–Trinajstić information content (AvgIpc) is 3.13. The Morgan fingerprint density at radius 3 is 2.44 bits per heavy atom. The van der Waals surface area contributed by atoms with Crippen molar-refractivity contribution in [2.24, 2.45) is 5.73 Å². The van der Waals surface area contributed by atoms with Crippen molar-refractivity contribution in [2.45, 2.75) is 51.1 Å². The van der Waals surface area contributed by atoms with Crippen LogP contribution in [-0.2, 0) is 16.1 Å². The number of carbonyl (C=O) groups excluding carboxylic acids is 2. The van der Waals surface area contributed by atoms with E-state index < -0.39 is 11.5 Å². The van der Waals surface area contributed by atoms with E-state index in [1.54, 1.807) is 19.1 Å². The van der Waals surface area contributed by atoms with Crippen molar-refractivity contribution in [3.8, 4) is 0 Å². The number of H-pyrrole nitrogens is 1. The van der Waals surface area contributed by atoms with Crippen LogP contribution in [0.4, 0.5) is 0 Å². The van der Waals surface area contributed by atoms with Gasteiger partial charge in [-0.05, 0) is 57.8 Å². The lowest BCUT2D eigenvalue weighted by atomic mass is 9.83. The molecule has 4 rings (SSSR count). The van der Waals surface area contributed by atoms with Crippen molar-refractivity contribution in [3.63, 3.8) is 0 Å². The molecular formula is C23H30Cl2N4O3. The number of hydrogen-bond donors (Lipinski definition) is 2. The predicted molar refractivity (Wildman–Crippen MR) is 126 cm³/mol. The zero-order chi connectivity index (χ0) is 22.9. The number of primary amides is 1. The van der Waals surface area contributed by atoms with E-state index in [0.29, 0.717) is 53.7 Å². The van der Waals surface area contributed by atoms with Gasteiger partial charge in [-0.3, -0.25) is 14.6 Å². The maximum absolute atomic E-state index is 12.7. The number of hydrogen-bond acceptors (Lipinski definition) is 5. The summed E-state index contributed by atoms with van der Waals surface area (Å²) in [4.78, 5) is 32.9. The molecule has 32 heavy (non-hydrogen) atoms. The molecule has 0 spiro atoms. The molecule has 2 aromatic rings. The summed E-state index contributed by atoms with van der Waals surface area (Å²) in [5, 5.41) is 1.77. The number of ether oxygens (including phenoxy) is 1. The smallest absolute Gasteiger partial charge is 0.355 e. The largest absolute Gasteiger partial charge is 0.461 e. The molecule has 3 N–H and O–H groups in total. The quantitative estimate of drug-likeness (QED) is 0.610. The highest BCUT2D eigenvalue weighted by molar-refractivity contribution is 6.39. The molecule has 0 aliphatic carbocycles. The summed E-state index contributed by atoms with van der Waals surface area (Å²) in [7, 11) is 0. The summed E-state index contributed by atoms with van der Waals surface area (Å²) in [5.41, 5.74) is 7.25. The molecule has 0 radical (unpaired) electrons. The minimum Gasteiger partial charge on any atom is -0.461 e. The first-order chi connectivity index (χ1) is 15.4. The second-order valence-electron chi connectivity index (χ2n) is 8.73. The summed E-state index contributed by atoms with van der Waals surface area (Å²) in [6.45, 7) is 5.84. The number of aromatic amines is 1. The van der Waals surface area contributed by atoms with E-state index >= 15 is 0 Å². The van der Waals surface area contributed by atoms with E-state index in [9.17, 15) is 9.59 Å². The lowest BCUT2D eigenvalue weighted by Crippen LogP contribution is -2.63. The number of nitrogens with one attached hydrogen (secondary N) is 1. The fourth-order valence-corrected chi connectivity index (χ4v) is 5.80. The van der Waals surface area contributed by atoms with Crippen molar-refractivity contribution in [2.75, 3.05) is 32.8 Å². The van der Waals surface area contributed by atoms with Crippen LogP contribution in [0.1, 0.15) is 55.1 Å². The second kappa shape index (κ2) is 9.59. The van der Waals surface area contributed by atoms with E-state index in [0.717, 1.165) is 36.9 Å². The highest BCUT2D eigenvalue weighted by Gasteiger charge is 2.45. The predicted octanol–water partition coefficient (Wildman–Crippen LogP) is 3.96. The molecule has 174 valence electrons. The third-order valence-electron chi connectivity index (χ3n) is 6.88. The van der Waals surface area contributed by atoms with E-state index in [-0.39, 0.29) is 12.5 Å². The Morgan fingerprint density at radius 2 is 1.81 bits per heavy atom. The third kappa shape index (κ3) is 4.36. The number of amides is 1. The molecule has 2 fully saturated rings. The Kier molecular flexibility index (Phi) is 7.00. The minimum absolute atomic E-state index is 0.226. The molecular weight excluding hydrogens is 451 g/mol. The third-order valence-corrected chi connectivity index (χ3v) is 7.40. The van der Waals surface area contributed by atoms with Gasteiger partial charge in [0, 0.05) is 41.1 Å². The van der Waals surface area contributed by atoms with Crippen LogP contribution in [-0.4, -0.2) is 65.0 Å². The van der Waals surface area contributed by atoms with Gasteiger partial charge in [-0.15, -0.1) is 0 Å². The number of halogens is 2. The van der Waals surface area contributed by atoms with Crippen LogP contribution in [0.25, 0.3) is 10.9 Å². The lowest BCUT2D eigenvalue weighted by molar-refractivity contribution is -0.135. The van der Waals surface area contributed by atoms with Gasteiger partial charge in [0.2, 0.25) is 5.91 Å². The van der Waals surface area contributed by atoms with Gasteiger partial charge in [0.05, 0.1) is 11.6 Å². The van der Waals surface area contributed by atoms with Gasteiger partial charge in [-0.2, -0.15) is 0 Å². The first-order valence-electron chi connectivity index (χ1n) is 11.3. The van der Waals surface area contributed by atoms with Gasteiger partial charge < -0.3 is 15.5 Å². The SMILES string of the molecule is CCOC(=O)c1[nH]c2cc(Cl)cc(Cl)c2c1CN1CCC(C(N)=O)(N2CCCCC2)CC1. The lowest BCUT2D eigenvalue weighted by Gasteiger charge is -2.48. The van der Waals surface area contributed by atoms with E-state index in [2.05, 4.69) is 14.8 Å². The first kappa shape index (κ1) is 23.4. The molecule has 0 unspecified atom stereocenters. The topological polar surface area (TPSA) is 91.7 Å². The number of rotatable bonds is 6. The molecule has 0 atom stereocenters. The highest BCUT2D eigenvalue weighted by Crippen LogP contribution is 2.36. The fraction of sp³-hybridized carbons (Fsp3) is 0.565.